The molecule has 0 spiro atoms. The Labute approximate surface area is 160 Å². The maximum Gasteiger partial charge on any atom is 0.416 e. The molecule has 0 fully saturated rings. The summed E-state index contributed by atoms with van der Waals surface area (Å²) < 4.78 is 43.5. The molecule has 0 heterocycles. The number of benzene rings is 2. The van der Waals surface area contributed by atoms with Gasteiger partial charge in [-0.2, -0.15) is 13.2 Å². The lowest BCUT2D eigenvalue weighted by Crippen LogP contribution is -2.32. The van der Waals surface area contributed by atoms with E-state index < -0.39 is 23.7 Å². The Morgan fingerprint density at radius 3 is 2.36 bits per heavy atom. The van der Waals surface area contributed by atoms with Crippen molar-refractivity contribution in [3.8, 4) is 5.75 Å². The lowest BCUT2D eigenvalue weighted by atomic mass is 10.2. The van der Waals surface area contributed by atoms with Gasteiger partial charge in [0, 0.05) is 24.4 Å². The van der Waals surface area contributed by atoms with Gasteiger partial charge >= 0.3 is 6.18 Å². The highest BCUT2D eigenvalue weighted by Crippen LogP contribution is 2.31. The molecule has 0 bridgehead atoms. The predicted molar refractivity (Wildman–Crippen MR) is 100 cm³/mol. The van der Waals surface area contributed by atoms with Gasteiger partial charge in [-0.3, -0.25) is 9.59 Å². The van der Waals surface area contributed by atoms with Gasteiger partial charge in [-0.25, -0.2) is 0 Å². The Hall–Kier alpha value is -3.23. The van der Waals surface area contributed by atoms with Gasteiger partial charge in [0.25, 0.3) is 0 Å². The maximum atomic E-state index is 12.8. The summed E-state index contributed by atoms with van der Waals surface area (Å²) in [6.45, 7) is 2.93. The number of anilines is 3. The molecule has 1 unspecified atom stereocenters. The third-order valence-electron chi connectivity index (χ3n) is 3.75. The first kappa shape index (κ1) is 21.1. The van der Waals surface area contributed by atoms with Crippen molar-refractivity contribution in [1.29, 1.82) is 0 Å². The van der Waals surface area contributed by atoms with Crippen molar-refractivity contribution in [1.82, 2.24) is 0 Å². The predicted octanol–water partition coefficient (Wildman–Crippen LogP) is 4.11. The van der Waals surface area contributed by atoms with Gasteiger partial charge in [-0.1, -0.05) is 6.07 Å². The van der Waals surface area contributed by atoms with Gasteiger partial charge in [0.05, 0.1) is 18.4 Å². The molecule has 0 aliphatic rings. The first-order valence-corrected chi connectivity index (χ1v) is 8.30. The molecule has 0 aromatic heterocycles. The van der Waals surface area contributed by atoms with E-state index in [0.29, 0.717) is 17.1 Å². The minimum Gasteiger partial charge on any atom is -0.494 e. The van der Waals surface area contributed by atoms with E-state index in [4.69, 9.17) is 4.74 Å². The largest absolute Gasteiger partial charge is 0.494 e. The summed E-state index contributed by atoms with van der Waals surface area (Å²) in [5.41, 5.74) is 0.218. The van der Waals surface area contributed by atoms with E-state index >= 15 is 0 Å². The molecule has 0 radical (unpaired) electrons. The summed E-state index contributed by atoms with van der Waals surface area (Å²) in [4.78, 5) is 23.5. The Morgan fingerprint density at radius 2 is 1.75 bits per heavy atom. The average Bonchev–Trinajstić information content (AvgIpc) is 2.62. The Balaban J connectivity index is 2.07. The molecule has 2 aromatic carbocycles. The smallest absolute Gasteiger partial charge is 0.416 e. The third-order valence-corrected chi connectivity index (χ3v) is 3.75. The molecule has 150 valence electrons. The minimum atomic E-state index is -4.49. The van der Waals surface area contributed by atoms with Crippen molar-refractivity contribution < 1.29 is 27.5 Å². The summed E-state index contributed by atoms with van der Waals surface area (Å²) in [7, 11) is 1.44. The normalized spacial score (nSPS) is 12.1. The van der Waals surface area contributed by atoms with Crippen molar-refractivity contribution in [2.45, 2.75) is 26.1 Å². The van der Waals surface area contributed by atoms with Gasteiger partial charge in [-0.05, 0) is 37.3 Å². The molecule has 6 nitrogen and oxygen atoms in total. The van der Waals surface area contributed by atoms with E-state index in [-0.39, 0.29) is 11.6 Å². The molecule has 2 aromatic rings. The van der Waals surface area contributed by atoms with Crippen LogP contribution in [0.3, 0.4) is 0 Å². The second-order valence-electron chi connectivity index (χ2n) is 6.03. The van der Waals surface area contributed by atoms with Gasteiger partial charge in [0.15, 0.2) is 0 Å². The van der Waals surface area contributed by atoms with Crippen LogP contribution in [0.5, 0.6) is 5.75 Å². The molecule has 0 aliphatic heterocycles. The van der Waals surface area contributed by atoms with Crippen LogP contribution in [0, 0.1) is 0 Å². The summed E-state index contributed by atoms with van der Waals surface area (Å²) in [6, 6.07) is 8.51. The lowest BCUT2D eigenvalue weighted by molar-refractivity contribution is -0.137. The molecule has 0 saturated carbocycles. The lowest BCUT2D eigenvalue weighted by Gasteiger charge is -2.17. The number of halogens is 3. The quantitative estimate of drug-likeness (QED) is 0.688. The molecule has 28 heavy (non-hydrogen) atoms. The number of carbonyl (C=O) groups is 2. The third kappa shape index (κ3) is 5.63. The van der Waals surface area contributed by atoms with Crippen LogP contribution in [0.1, 0.15) is 19.4 Å². The number of ether oxygens (including phenoxy) is 1. The molecule has 1 atom stereocenters. The second-order valence-corrected chi connectivity index (χ2v) is 6.03. The van der Waals surface area contributed by atoms with Crippen LogP contribution in [0.2, 0.25) is 0 Å². The van der Waals surface area contributed by atoms with Crippen LogP contribution in [-0.4, -0.2) is 25.0 Å². The number of hydrogen-bond donors (Lipinski definition) is 3. The average molecular weight is 395 g/mol. The van der Waals surface area contributed by atoms with E-state index in [1.807, 2.05) is 0 Å². The standard InChI is InChI=1S/C19H20F3N3O3/c1-11(18(27)25-14-6-4-5-13(9-14)19(20,21)22)23-15-7-8-16(24-12(2)26)17(10-15)28-3/h4-11,23H,1-3H3,(H,24,26)(H,25,27). The molecule has 9 heteroatoms. The highest BCUT2D eigenvalue weighted by Gasteiger charge is 2.30. The maximum absolute atomic E-state index is 12.8. The van der Waals surface area contributed by atoms with Crippen molar-refractivity contribution in [2.24, 2.45) is 0 Å². The summed E-state index contributed by atoms with van der Waals surface area (Å²) in [5.74, 6) is -0.372. The van der Waals surface area contributed by atoms with Crippen molar-refractivity contribution in [3.63, 3.8) is 0 Å². The van der Waals surface area contributed by atoms with E-state index in [2.05, 4.69) is 16.0 Å². The fraction of sp³-hybridized carbons (Fsp3) is 0.263. The van der Waals surface area contributed by atoms with Gasteiger partial charge in [-0.15, -0.1) is 0 Å². The Kier molecular flexibility index (Phi) is 6.50. The number of amides is 2. The Morgan fingerprint density at radius 1 is 1.04 bits per heavy atom. The number of nitrogens with one attached hydrogen (secondary N) is 3. The van der Waals surface area contributed by atoms with E-state index in [1.54, 1.807) is 25.1 Å². The SMILES string of the molecule is COc1cc(NC(C)C(=O)Nc2cccc(C(F)(F)F)c2)ccc1NC(C)=O. The zero-order valence-corrected chi connectivity index (χ0v) is 15.5. The molecule has 2 rings (SSSR count). The number of carbonyl (C=O) groups excluding carboxylic acids is 2. The second kappa shape index (κ2) is 8.64. The number of hydrogen-bond acceptors (Lipinski definition) is 4. The van der Waals surface area contributed by atoms with Crippen LogP contribution in [0.4, 0.5) is 30.2 Å². The summed E-state index contributed by atoms with van der Waals surface area (Å²) >= 11 is 0. The fourth-order valence-electron chi connectivity index (χ4n) is 2.41. The molecule has 0 aliphatic carbocycles. The van der Waals surface area contributed by atoms with E-state index in [1.165, 1.54) is 26.2 Å². The zero-order valence-electron chi connectivity index (χ0n) is 15.5. The first-order chi connectivity index (χ1) is 13.1. The number of alkyl halides is 3. The minimum absolute atomic E-state index is 0.0482. The summed E-state index contributed by atoms with van der Waals surface area (Å²) in [5, 5.41) is 8.00. The van der Waals surface area contributed by atoms with Crippen LogP contribution in [0.15, 0.2) is 42.5 Å². The number of rotatable bonds is 6. The van der Waals surface area contributed by atoms with Crippen LogP contribution in [-0.2, 0) is 15.8 Å². The van der Waals surface area contributed by atoms with Gasteiger partial charge in [0.1, 0.15) is 11.8 Å². The highest BCUT2D eigenvalue weighted by atomic mass is 19.4. The van der Waals surface area contributed by atoms with Gasteiger partial charge < -0.3 is 20.7 Å². The van der Waals surface area contributed by atoms with E-state index in [0.717, 1.165) is 12.1 Å². The van der Waals surface area contributed by atoms with Crippen LogP contribution < -0.4 is 20.7 Å². The van der Waals surface area contributed by atoms with Crippen molar-refractivity contribution in [3.05, 3.63) is 48.0 Å². The van der Waals surface area contributed by atoms with Crippen molar-refractivity contribution >= 4 is 28.9 Å². The molecule has 3 N–H and O–H groups in total. The highest BCUT2D eigenvalue weighted by molar-refractivity contribution is 5.96. The molecule has 2 amide bonds. The zero-order chi connectivity index (χ0) is 20.9. The van der Waals surface area contributed by atoms with Crippen LogP contribution >= 0.6 is 0 Å². The monoisotopic (exact) mass is 395 g/mol. The Bertz CT molecular complexity index is 869. The van der Waals surface area contributed by atoms with E-state index in [9.17, 15) is 22.8 Å². The van der Waals surface area contributed by atoms with Crippen LogP contribution in [0.25, 0.3) is 0 Å². The van der Waals surface area contributed by atoms with Crippen molar-refractivity contribution in [2.75, 3.05) is 23.1 Å². The number of methoxy groups -OCH3 is 1. The molecule has 0 saturated heterocycles. The van der Waals surface area contributed by atoms with Gasteiger partial charge in [0.2, 0.25) is 11.8 Å². The molecular weight excluding hydrogens is 375 g/mol. The fourth-order valence-corrected chi connectivity index (χ4v) is 2.41. The topological polar surface area (TPSA) is 79.5 Å². The first-order valence-electron chi connectivity index (χ1n) is 8.30. The molecular formula is C19H20F3N3O3. The summed E-state index contributed by atoms with van der Waals surface area (Å²) in [6.07, 6.45) is -4.49.